The van der Waals surface area contributed by atoms with Crippen molar-refractivity contribution in [3.05, 3.63) is 29.8 Å². The van der Waals surface area contributed by atoms with Crippen LogP contribution in [0.3, 0.4) is 0 Å². The van der Waals surface area contributed by atoms with E-state index < -0.39 is 16.0 Å². The molecule has 0 aromatic heterocycles. The molecule has 1 aromatic rings. The molecule has 1 fully saturated rings. The lowest BCUT2D eigenvalue weighted by Gasteiger charge is -2.36. The third-order valence-corrected chi connectivity index (χ3v) is 4.87. The molecule has 7 heteroatoms. The minimum atomic E-state index is -3.56. The van der Waals surface area contributed by atoms with Crippen molar-refractivity contribution in [1.82, 2.24) is 4.31 Å². The summed E-state index contributed by atoms with van der Waals surface area (Å²) in [5, 5.41) is 0. The van der Waals surface area contributed by atoms with Crippen molar-refractivity contribution in [2.75, 3.05) is 27.3 Å². The summed E-state index contributed by atoms with van der Waals surface area (Å²) in [4.78, 5) is 11.5. The summed E-state index contributed by atoms with van der Waals surface area (Å²) in [6.07, 6.45) is -0.0569. The maximum absolute atomic E-state index is 12.3. The Labute approximate surface area is 112 Å². The van der Waals surface area contributed by atoms with Crippen LogP contribution < -0.4 is 0 Å². The smallest absolute Gasteiger partial charge is 0.337 e. The number of hydrogen-bond acceptors (Lipinski definition) is 5. The zero-order valence-corrected chi connectivity index (χ0v) is 11.5. The van der Waals surface area contributed by atoms with Crippen LogP contribution in [0.5, 0.6) is 0 Å². The van der Waals surface area contributed by atoms with Crippen LogP contribution >= 0.6 is 0 Å². The Hall–Kier alpha value is -1.44. The van der Waals surface area contributed by atoms with Crippen molar-refractivity contribution in [1.29, 1.82) is 0 Å². The number of esters is 1. The van der Waals surface area contributed by atoms with E-state index in [9.17, 15) is 13.2 Å². The maximum Gasteiger partial charge on any atom is 0.337 e. The van der Waals surface area contributed by atoms with E-state index in [2.05, 4.69) is 4.74 Å². The van der Waals surface area contributed by atoms with Crippen molar-refractivity contribution >= 4 is 16.0 Å². The van der Waals surface area contributed by atoms with E-state index in [0.717, 1.165) is 0 Å². The van der Waals surface area contributed by atoms with Crippen molar-refractivity contribution in [2.24, 2.45) is 0 Å². The summed E-state index contributed by atoms with van der Waals surface area (Å²) >= 11 is 0. The van der Waals surface area contributed by atoms with E-state index in [-0.39, 0.29) is 16.6 Å². The van der Waals surface area contributed by atoms with Gasteiger partial charge in [-0.15, -0.1) is 0 Å². The molecular weight excluding hydrogens is 270 g/mol. The molecule has 1 saturated heterocycles. The topological polar surface area (TPSA) is 72.9 Å². The SMILES string of the molecule is COC(=O)c1cccc(S(=O)(=O)N2CC(OC)C2)c1. The lowest BCUT2D eigenvalue weighted by molar-refractivity contribution is 0.0125. The van der Waals surface area contributed by atoms with Gasteiger partial charge in [-0.05, 0) is 18.2 Å². The van der Waals surface area contributed by atoms with Gasteiger partial charge in [0.2, 0.25) is 10.0 Å². The molecule has 1 aromatic carbocycles. The van der Waals surface area contributed by atoms with Crippen molar-refractivity contribution in [2.45, 2.75) is 11.0 Å². The molecule has 1 aliphatic heterocycles. The third-order valence-electron chi connectivity index (χ3n) is 3.04. The van der Waals surface area contributed by atoms with Crippen molar-refractivity contribution in [3.8, 4) is 0 Å². The van der Waals surface area contributed by atoms with Crippen LogP contribution in [0.25, 0.3) is 0 Å². The lowest BCUT2D eigenvalue weighted by atomic mass is 10.2. The Bertz CT molecular complexity index is 578. The number of nitrogens with zero attached hydrogens (tertiary/aromatic N) is 1. The first-order valence-electron chi connectivity index (χ1n) is 5.70. The van der Waals surface area contributed by atoms with Crippen LogP contribution in [0, 0.1) is 0 Å². The van der Waals surface area contributed by atoms with Crippen LogP contribution in [-0.4, -0.2) is 52.1 Å². The fourth-order valence-corrected chi connectivity index (χ4v) is 3.35. The van der Waals surface area contributed by atoms with E-state index >= 15 is 0 Å². The van der Waals surface area contributed by atoms with Gasteiger partial charge in [0.15, 0.2) is 0 Å². The van der Waals surface area contributed by atoms with Gasteiger partial charge < -0.3 is 9.47 Å². The average Bonchev–Trinajstić information content (AvgIpc) is 2.36. The largest absolute Gasteiger partial charge is 0.465 e. The van der Waals surface area contributed by atoms with E-state index in [0.29, 0.717) is 13.1 Å². The summed E-state index contributed by atoms with van der Waals surface area (Å²) in [5.74, 6) is -0.560. The molecule has 0 amide bonds. The Morgan fingerprint density at radius 2 is 2.00 bits per heavy atom. The minimum absolute atomic E-state index is 0.0569. The Morgan fingerprint density at radius 3 is 2.58 bits per heavy atom. The fourth-order valence-electron chi connectivity index (χ4n) is 1.80. The number of carbonyl (C=O) groups is 1. The van der Waals surface area contributed by atoms with Crippen LogP contribution in [-0.2, 0) is 19.5 Å². The van der Waals surface area contributed by atoms with Gasteiger partial charge >= 0.3 is 5.97 Å². The van der Waals surface area contributed by atoms with Crippen molar-refractivity contribution < 1.29 is 22.7 Å². The average molecular weight is 285 g/mol. The molecule has 0 radical (unpaired) electrons. The number of rotatable bonds is 4. The van der Waals surface area contributed by atoms with Crippen LogP contribution in [0.4, 0.5) is 0 Å². The predicted molar refractivity (Wildman–Crippen MR) is 67.3 cm³/mol. The Kier molecular flexibility index (Phi) is 3.88. The van der Waals surface area contributed by atoms with E-state index in [1.165, 1.54) is 35.7 Å². The normalized spacial score (nSPS) is 16.9. The molecule has 6 nitrogen and oxygen atoms in total. The first kappa shape index (κ1) is 14.0. The van der Waals surface area contributed by atoms with Gasteiger partial charge in [0, 0.05) is 20.2 Å². The first-order valence-corrected chi connectivity index (χ1v) is 7.14. The summed E-state index contributed by atoms with van der Waals surface area (Å²) < 4.78 is 35.5. The molecule has 0 atom stereocenters. The predicted octanol–water partition coefficient (Wildman–Crippen LogP) is 0.492. The monoisotopic (exact) mass is 285 g/mol. The molecule has 0 bridgehead atoms. The molecule has 1 aliphatic rings. The molecule has 0 aliphatic carbocycles. The highest BCUT2D eigenvalue weighted by Gasteiger charge is 2.36. The molecule has 2 rings (SSSR count). The van der Waals surface area contributed by atoms with E-state index in [1.54, 1.807) is 7.11 Å². The van der Waals surface area contributed by atoms with E-state index in [4.69, 9.17) is 4.74 Å². The second kappa shape index (κ2) is 5.28. The third kappa shape index (κ3) is 2.63. The molecule has 1 heterocycles. The minimum Gasteiger partial charge on any atom is -0.465 e. The van der Waals surface area contributed by atoms with Gasteiger partial charge in [0.05, 0.1) is 23.7 Å². The van der Waals surface area contributed by atoms with Gasteiger partial charge in [-0.2, -0.15) is 4.31 Å². The maximum atomic E-state index is 12.3. The second-order valence-corrected chi connectivity index (χ2v) is 6.14. The molecule has 0 unspecified atom stereocenters. The van der Waals surface area contributed by atoms with Crippen LogP contribution in [0.1, 0.15) is 10.4 Å². The van der Waals surface area contributed by atoms with Gasteiger partial charge in [-0.1, -0.05) is 6.07 Å². The molecule has 0 N–H and O–H groups in total. The number of methoxy groups -OCH3 is 2. The summed E-state index contributed by atoms with van der Waals surface area (Å²) in [6.45, 7) is 0.669. The Balaban J connectivity index is 2.24. The van der Waals surface area contributed by atoms with Crippen LogP contribution in [0.2, 0.25) is 0 Å². The van der Waals surface area contributed by atoms with Gasteiger partial charge in [-0.3, -0.25) is 0 Å². The lowest BCUT2D eigenvalue weighted by Crippen LogP contribution is -2.54. The quantitative estimate of drug-likeness (QED) is 0.753. The number of benzene rings is 1. The number of sulfonamides is 1. The molecular formula is C12H15NO5S. The number of carbonyl (C=O) groups excluding carboxylic acids is 1. The fraction of sp³-hybridized carbons (Fsp3) is 0.417. The molecule has 19 heavy (non-hydrogen) atoms. The van der Waals surface area contributed by atoms with Crippen LogP contribution in [0.15, 0.2) is 29.2 Å². The molecule has 0 spiro atoms. The zero-order chi connectivity index (χ0) is 14.0. The van der Waals surface area contributed by atoms with Gasteiger partial charge in [0.1, 0.15) is 0 Å². The molecule has 0 saturated carbocycles. The summed E-state index contributed by atoms with van der Waals surface area (Å²) in [7, 11) is -0.764. The summed E-state index contributed by atoms with van der Waals surface area (Å²) in [5.41, 5.74) is 0.215. The standard InChI is InChI=1S/C12H15NO5S/c1-17-10-7-13(8-10)19(15,16)11-5-3-4-9(6-11)12(14)18-2/h3-6,10H,7-8H2,1-2H3. The van der Waals surface area contributed by atoms with Gasteiger partial charge in [0.25, 0.3) is 0 Å². The summed E-state index contributed by atoms with van der Waals surface area (Å²) in [6, 6.07) is 5.81. The highest BCUT2D eigenvalue weighted by molar-refractivity contribution is 7.89. The number of ether oxygens (including phenoxy) is 2. The highest BCUT2D eigenvalue weighted by Crippen LogP contribution is 2.23. The molecule has 104 valence electrons. The Morgan fingerprint density at radius 1 is 1.32 bits per heavy atom. The second-order valence-electron chi connectivity index (χ2n) is 4.20. The van der Waals surface area contributed by atoms with E-state index in [1.807, 2.05) is 0 Å². The zero-order valence-electron chi connectivity index (χ0n) is 10.7. The van der Waals surface area contributed by atoms with Crippen molar-refractivity contribution in [3.63, 3.8) is 0 Å². The first-order chi connectivity index (χ1) is 8.98. The highest BCUT2D eigenvalue weighted by atomic mass is 32.2. The van der Waals surface area contributed by atoms with Gasteiger partial charge in [-0.25, -0.2) is 13.2 Å². The number of hydrogen-bond donors (Lipinski definition) is 0.